The number of benzene rings is 1. The molecular weight excluding hydrogens is 435 g/mol. The molecule has 0 aliphatic carbocycles. The molecule has 0 nitrogen and oxygen atoms in total. The molecule has 2 aromatic rings. The Labute approximate surface area is 129 Å². The second-order valence-electron chi connectivity index (χ2n) is 3.57. The van der Waals surface area contributed by atoms with Gasteiger partial charge in [0.15, 0.2) is 0 Å². The maximum absolute atomic E-state index is 13.5. The van der Waals surface area contributed by atoms with Gasteiger partial charge in [-0.25, -0.2) is 4.39 Å². The number of aryl methyl sites for hydroxylation is 1. The molecular formula is C12H8Br3FS. The van der Waals surface area contributed by atoms with Crippen molar-refractivity contribution in [2.75, 3.05) is 0 Å². The summed E-state index contributed by atoms with van der Waals surface area (Å²) >= 11 is 12.1. The molecule has 0 N–H and O–H groups in total. The molecule has 1 heterocycles. The van der Waals surface area contributed by atoms with Crippen molar-refractivity contribution in [2.24, 2.45) is 0 Å². The fourth-order valence-corrected chi connectivity index (χ4v) is 5.42. The van der Waals surface area contributed by atoms with Gasteiger partial charge in [-0.05, 0) is 56.5 Å². The molecule has 0 aliphatic heterocycles. The molecule has 0 fully saturated rings. The Morgan fingerprint density at radius 1 is 1.29 bits per heavy atom. The zero-order chi connectivity index (χ0) is 12.6. The van der Waals surface area contributed by atoms with Crippen molar-refractivity contribution in [1.82, 2.24) is 0 Å². The highest BCUT2D eigenvalue weighted by Gasteiger charge is 2.19. The average molecular weight is 443 g/mol. The van der Waals surface area contributed by atoms with E-state index in [1.54, 1.807) is 17.4 Å². The van der Waals surface area contributed by atoms with Crippen molar-refractivity contribution >= 4 is 59.1 Å². The van der Waals surface area contributed by atoms with Crippen LogP contribution in [0.15, 0.2) is 33.2 Å². The van der Waals surface area contributed by atoms with E-state index < -0.39 is 0 Å². The molecule has 1 unspecified atom stereocenters. The monoisotopic (exact) mass is 440 g/mol. The third-order valence-corrected chi connectivity index (χ3v) is 6.45. The van der Waals surface area contributed by atoms with Crippen LogP contribution in [0, 0.1) is 12.7 Å². The first kappa shape index (κ1) is 13.7. The van der Waals surface area contributed by atoms with Crippen LogP contribution >= 0.6 is 59.1 Å². The van der Waals surface area contributed by atoms with E-state index in [2.05, 4.69) is 60.8 Å². The van der Waals surface area contributed by atoms with Crippen molar-refractivity contribution in [1.29, 1.82) is 0 Å². The topological polar surface area (TPSA) is 0 Å². The quantitative estimate of drug-likeness (QED) is 0.485. The predicted molar refractivity (Wildman–Crippen MR) is 81.6 cm³/mol. The van der Waals surface area contributed by atoms with Gasteiger partial charge in [0.25, 0.3) is 0 Å². The molecule has 0 saturated carbocycles. The summed E-state index contributed by atoms with van der Waals surface area (Å²) in [5.41, 5.74) is 0.896. The van der Waals surface area contributed by atoms with Gasteiger partial charge in [0.2, 0.25) is 0 Å². The summed E-state index contributed by atoms with van der Waals surface area (Å²) in [5.74, 6) is -0.239. The van der Waals surface area contributed by atoms with Crippen molar-refractivity contribution in [3.8, 4) is 0 Å². The summed E-state index contributed by atoms with van der Waals surface area (Å²) in [4.78, 5) is 2.36. The highest BCUT2D eigenvalue weighted by Crippen LogP contribution is 2.43. The van der Waals surface area contributed by atoms with Gasteiger partial charge in [-0.1, -0.05) is 28.1 Å². The molecule has 17 heavy (non-hydrogen) atoms. The smallest absolute Gasteiger partial charge is 0.137 e. The largest absolute Gasteiger partial charge is 0.206 e. The molecule has 1 aromatic carbocycles. The van der Waals surface area contributed by atoms with E-state index in [4.69, 9.17) is 0 Å². The average Bonchev–Trinajstić information content (AvgIpc) is 2.61. The van der Waals surface area contributed by atoms with E-state index in [9.17, 15) is 4.39 Å². The second kappa shape index (κ2) is 5.51. The molecule has 5 heteroatoms. The molecule has 0 spiro atoms. The van der Waals surface area contributed by atoms with E-state index in [1.807, 2.05) is 6.07 Å². The molecule has 0 aliphatic rings. The number of hydrogen-bond acceptors (Lipinski definition) is 1. The zero-order valence-electron chi connectivity index (χ0n) is 8.81. The van der Waals surface area contributed by atoms with Crippen LogP contribution in [0.5, 0.6) is 0 Å². The Morgan fingerprint density at radius 3 is 2.59 bits per heavy atom. The first-order valence-electron chi connectivity index (χ1n) is 4.84. The number of alkyl halides is 1. The van der Waals surface area contributed by atoms with Crippen LogP contribution in [0.2, 0.25) is 0 Å². The number of rotatable bonds is 2. The van der Waals surface area contributed by atoms with Crippen LogP contribution in [-0.2, 0) is 0 Å². The normalized spacial score (nSPS) is 12.8. The van der Waals surface area contributed by atoms with Gasteiger partial charge in [0, 0.05) is 14.2 Å². The lowest BCUT2D eigenvalue weighted by Gasteiger charge is -2.11. The van der Waals surface area contributed by atoms with Gasteiger partial charge in [-0.2, -0.15) is 0 Å². The molecule has 1 atom stereocenters. The highest BCUT2D eigenvalue weighted by atomic mass is 79.9. The fourth-order valence-electron chi connectivity index (χ4n) is 1.53. The van der Waals surface area contributed by atoms with Crippen molar-refractivity contribution in [3.05, 3.63) is 54.3 Å². The Bertz CT molecular complexity index is 551. The number of hydrogen-bond donors (Lipinski definition) is 0. The highest BCUT2D eigenvalue weighted by molar-refractivity contribution is 9.11. The maximum atomic E-state index is 13.5. The predicted octanol–water partition coefficient (Wildman–Crippen LogP) is 6.20. The molecule has 2 rings (SSSR count). The Balaban J connectivity index is 2.47. The molecule has 1 aromatic heterocycles. The lowest BCUT2D eigenvalue weighted by Crippen LogP contribution is -1.94. The Kier molecular flexibility index (Phi) is 4.45. The molecule has 90 valence electrons. The van der Waals surface area contributed by atoms with E-state index >= 15 is 0 Å². The summed E-state index contributed by atoms with van der Waals surface area (Å²) in [6, 6.07) is 7.15. The maximum Gasteiger partial charge on any atom is 0.137 e. The van der Waals surface area contributed by atoms with Gasteiger partial charge in [-0.15, -0.1) is 11.3 Å². The van der Waals surface area contributed by atoms with Crippen LogP contribution in [0.3, 0.4) is 0 Å². The second-order valence-corrected chi connectivity index (χ2v) is 7.43. The van der Waals surface area contributed by atoms with Crippen molar-refractivity contribution in [2.45, 2.75) is 11.8 Å². The lowest BCUT2D eigenvalue weighted by atomic mass is 10.1. The third kappa shape index (κ3) is 2.83. The van der Waals surface area contributed by atoms with Crippen molar-refractivity contribution < 1.29 is 4.39 Å². The van der Waals surface area contributed by atoms with Crippen LogP contribution in [0.1, 0.15) is 20.1 Å². The molecule has 0 amide bonds. The van der Waals surface area contributed by atoms with Crippen LogP contribution < -0.4 is 0 Å². The van der Waals surface area contributed by atoms with Crippen LogP contribution in [-0.4, -0.2) is 0 Å². The summed E-state index contributed by atoms with van der Waals surface area (Å²) in [6.07, 6.45) is 0. The van der Waals surface area contributed by atoms with E-state index in [-0.39, 0.29) is 10.6 Å². The standard InChI is InChI=1S/C12H8Br3FS/c1-6-5-8(13)12(17-6)11(15)7-3-2-4-9(16)10(7)14/h2-5,11H,1H3. The summed E-state index contributed by atoms with van der Waals surface area (Å²) in [6.45, 7) is 2.05. The minimum atomic E-state index is -0.239. The number of thiophene rings is 1. The Morgan fingerprint density at radius 2 is 2.00 bits per heavy atom. The lowest BCUT2D eigenvalue weighted by molar-refractivity contribution is 0.619. The van der Waals surface area contributed by atoms with Crippen LogP contribution in [0.25, 0.3) is 0 Å². The minimum absolute atomic E-state index is 0.0133. The van der Waals surface area contributed by atoms with Gasteiger partial charge in [-0.3, -0.25) is 0 Å². The molecule has 0 bridgehead atoms. The third-order valence-electron chi connectivity index (χ3n) is 2.32. The number of halogens is 4. The first-order valence-corrected chi connectivity index (χ1v) is 8.16. The van der Waals surface area contributed by atoms with Gasteiger partial charge >= 0.3 is 0 Å². The van der Waals surface area contributed by atoms with Gasteiger partial charge in [0.05, 0.1) is 9.30 Å². The fraction of sp³-hybridized carbons (Fsp3) is 0.167. The minimum Gasteiger partial charge on any atom is -0.206 e. The summed E-state index contributed by atoms with van der Waals surface area (Å²) in [5, 5.41) is 0. The Hall–Kier alpha value is 0.290. The first-order chi connectivity index (χ1) is 8.00. The van der Waals surface area contributed by atoms with Crippen LogP contribution in [0.4, 0.5) is 4.39 Å². The summed E-state index contributed by atoms with van der Waals surface area (Å²) in [7, 11) is 0. The van der Waals surface area contributed by atoms with Crippen molar-refractivity contribution in [3.63, 3.8) is 0 Å². The SMILES string of the molecule is Cc1cc(Br)c(C(Br)c2cccc(F)c2Br)s1. The van der Waals surface area contributed by atoms with Gasteiger partial charge < -0.3 is 0 Å². The van der Waals surface area contributed by atoms with E-state index in [1.165, 1.54) is 10.9 Å². The molecule has 0 radical (unpaired) electrons. The van der Waals surface area contributed by atoms with E-state index in [0.29, 0.717) is 4.47 Å². The molecule has 0 saturated heterocycles. The van der Waals surface area contributed by atoms with Gasteiger partial charge in [0.1, 0.15) is 5.82 Å². The zero-order valence-corrected chi connectivity index (χ0v) is 14.4. The van der Waals surface area contributed by atoms with E-state index in [0.717, 1.165) is 14.9 Å². The summed E-state index contributed by atoms with van der Waals surface area (Å²) < 4.78 is 15.1.